The molecule has 0 bridgehead atoms. The molecule has 4 nitrogen and oxygen atoms in total. The number of benzene rings is 2. The van der Waals surface area contributed by atoms with E-state index in [2.05, 4.69) is 12.2 Å². The summed E-state index contributed by atoms with van der Waals surface area (Å²) in [6.07, 6.45) is 2.14. The van der Waals surface area contributed by atoms with E-state index in [-0.39, 0.29) is 5.91 Å². The van der Waals surface area contributed by atoms with E-state index in [4.69, 9.17) is 9.47 Å². The minimum Gasteiger partial charge on any atom is -0.496 e. The molecular weight excluding hydrogens is 278 g/mol. The summed E-state index contributed by atoms with van der Waals surface area (Å²) in [4.78, 5) is 12.3. The van der Waals surface area contributed by atoms with Crippen LogP contribution in [0.3, 0.4) is 0 Å². The predicted octanol–water partition coefficient (Wildman–Crippen LogP) is 4.13. The Hall–Kier alpha value is -2.49. The zero-order valence-corrected chi connectivity index (χ0v) is 13.0. The molecule has 0 saturated heterocycles. The van der Waals surface area contributed by atoms with Crippen molar-refractivity contribution in [2.24, 2.45) is 0 Å². The fourth-order valence-electron chi connectivity index (χ4n) is 2.00. The van der Waals surface area contributed by atoms with Crippen molar-refractivity contribution < 1.29 is 14.3 Å². The molecule has 0 atom stereocenters. The van der Waals surface area contributed by atoms with Crippen LogP contribution in [0.4, 0.5) is 5.69 Å². The highest BCUT2D eigenvalue weighted by Crippen LogP contribution is 2.20. The second-order valence-corrected chi connectivity index (χ2v) is 4.88. The van der Waals surface area contributed by atoms with Crippen molar-refractivity contribution in [1.82, 2.24) is 0 Å². The molecule has 1 N–H and O–H groups in total. The first-order valence-electron chi connectivity index (χ1n) is 7.42. The summed E-state index contributed by atoms with van der Waals surface area (Å²) in [5, 5.41) is 2.85. The Morgan fingerprint density at radius 2 is 1.82 bits per heavy atom. The Balaban J connectivity index is 1.99. The van der Waals surface area contributed by atoms with Gasteiger partial charge in [-0.1, -0.05) is 25.5 Å². The van der Waals surface area contributed by atoms with Crippen LogP contribution in [0.15, 0.2) is 48.5 Å². The van der Waals surface area contributed by atoms with E-state index in [0.29, 0.717) is 17.9 Å². The molecule has 2 rings (SSSR count). The molecule has 0 aliphatic heterocycles. The molecule has 4 heteroatoms. The van der Waals surface area contributed by atoms with E-state index in [1.165, 1.54) is 0 Å². The van der Waals surface area contributed by atoms with E-state index in [1.54, 1.807) is 19.2 Å². The van der Waals surface area contributed by atoms with Gasteiger partial charge in [0.15, 0.2) is 0 Å². The molecule has 2 aromatic rings. The third-order valence-electron chi connectivity index (χ3n) is 3.23. The molecule has 0 unspecified atom stereocenters. The maximum absolute atomic E-state index is 12.3. The Kier molecular flexibility index (Phi) is 5.83. The molecule has 0 heterocycles. The number of methoxy groups -OCH3 is 1. The number of carbonyl (C=O) groups excluding carboxylic acids is 1. The van der Waals surface area contributed by atoms with Gasteiger partial charge in [0.25, 0.3) is 5.91 Å². The lowest BCUT2D eigenvalue weighted by atomic mass is 10.2. The van der Waals surface area contributed by atoms with Gasteiger partial charge in [-0.3, -0.25) is 4.79 Å². The van der Waals surface area contributed by atoms with Gasteiger partial charge in [0, 0.05) is 5.69 Å². The first kappa shape index (κ1) is 15.9. The molecule has 1 amide bonds. The number of rotatable bonds is 7. The Morgan fingerprint density at radius 3 is 2.50 bits per heavy atom. The van der Waals surface area contributed by atoms with Gasteiger partial charge in [-0.2, -0.15) is 0 Å². The molecule has 0 spiro atoms. The van der Waals surface area contributed by atoms with Crippen LogP contribution in [-0.4, -0.2) is 19.6 Å². The lowest BCUT2D eigenvalue weighted by Crippen LogP contribution is -2.13. The highest BCUT2D eigenvalue weighted by atomic mass is 16.5. The fourth-order valence-corrected chi connectivity index (χ4v) is 2.00. The predicted molar refractivity (Wildman–Crippen MR) is 87.8 cm³/mol. The molecule has 116 valence electrons. The van der Waals surface area contributed by atoms with Gasteiger partial charge in [0.2, 0.25) is 0 Å². The van der Waals surface area contributed by atoms with Crippen LogP contribution < -0.4 is 14.8 Å². The van der Waals surface area contributed by atoms with E-state index in [9.17, 15) is 4.79 Å². The van der Waals surface area contributed by atoms with Crippen molar-refractivity contribution in [2.45, 2.75) is 19.8 Å². The van der Waals surface area contributed by atoms with Crippen molar-refractivity contribution in [3.63, 3.8) is 0 Å². The second kappa shape index (κ2) is 8.08. The van der Waals surface area contributed by atoms with Crippen molar-refractivity contribution in [2.75, 3.05) is 19.0 Å². The minimum absolute atomic E-state index is 0.197. The average molecular weight is 299 g/mol. The molecular formula is C18H21NO3. The summed E-state index contributed by atoms with van der Waals surface area (Å²) in [6, 6.07) is 14.5. The van der Waals surface area contributed by atoms with Crippen molar-refractivity contribution in [3.8, 4) is 11.5 Å². The number of para-hydroxylation sites is 1. The van der Waals surface area contributed by atoms with Gasteiger partial charge in [-0.15, -0.1) is 0 Å². The Morgan fingerprint density at radius 1 is 1.09 bits per heavy atom. The summed E-state index contributed by atoms with van der Waals surface area (Å²) in [5.74, 6) is 1.17. The normalized spacial score (nSPS) is 10.1. The van der Waals surface area contributed by atoms with Crippen LogP contribution in [0, 0.1) is 0 Å². The summed E-state index contributed by atoms with van der Waals surface area (Å²) >= 11 is 0. The largest absolute Gasteiger partial charge is 0.496 e. The van der Waals surface area contributed by atoms with E-state index >= 15 is 0 Å². The SMILES string of the molecule is CCCCOc1ccc(NC(=O)c2ccccc2OC)cc1. The molecule has 0 aromatic heterocycles. The monoisotopic (exact) mass is 299 g/mol. The number of anilines is 1. The maximum Gasteiger partial charge on any atom is 0.259 e. The number of ether oxygens (including phenoxy) is 2. The highest BCUT2D eigenvalue weighted by Gasteiger charge is 2.11. The topological polar surface area (TPSA) is 47.6 Å². The Labute approximate surface area is 131 Å². The number of carbonyl (C=O) groups is 1. The second-order valence-electron chi connectivity index (χ2n) is 4.88. The highest BCUT2D eigenvalue weighted by molar-refractivity contribution is 6.06. The summed E-state index contributed by atoms with van der Waals surface area (Å²) in [7, 11) is 1.55. The van der Waals surface area contributed by atoms with E-state index < -0.39 is 0 Å². The standard InChI is InChI=1S/C18H21NO3/c1-3-4-13-22-15-11-9-14(10-12-15)19-18(20)16-7-5-6-8-17(16)21-2/h5-12H,3-4,13H2,1-2H3,(H,19,20). The molecule has 2 aromatic carbocycles. The van der Waals surface area contributed by atoms with Crippen molar-refractivity contribution in [1.29, 1.82) is 0 Å². The van der Waals surface area contributed by atoms with Crippen molar-refractivity contribution >= 4 is 11.6 Å². The van der Waals surface area contributed by atoms with Gasteiger partial charge >= 0.3 is 0 Å². The van der Waals surface area contributed by atoms with Gasteiger partial charge in [0.05, 0.1) is 19.3 Å². The third-order valence-corrected chi connectivity index (χ3v) is 3.23. The number of amides is 1. The number of hydrogen-bond donors (Lipinski definition) is 1. The van der Waals surface area contributed by atoms with Crippen LogP contribution in [0.1, 0.15) is 30.1 Å². The first-order valence-corrected chi connectivity index (χ1v) is 7.42. The third kappa shape index (κ3) is 4.25. The van der Waals surface area contributed by atoms with Crippen LogP contribution in [0.5, 0.6) is 11.5 Å². The smallest absolute Gasteiger partial charge is 0.259 e. The van der Waals surface area contributed by atoms with Gasteiger partial charge in [-0.25, -0.2) is 0 Å². The van der Waals surface area contributed by atoms with Crippen LogP contribution in [0.25, 0.3) is 0 Å². The summed E-state index contributed by atoms with van der Waals surface area (Å²) < 4.78 is 10.8. The Bertz CT molecular complexity index is 608. The fraction of sp³-hybridized carbons (Fsp3) is 0.278. The lowest BCUT2D eigenvalue weighted by molar-refractivity contribution is 0.102. The van der Waals surface area contributed by atoms with Crippen LogP contribution >= 0.6 is 0 Å². The average Bonchev–Trinajstić information content (AvgIpc) is 2.56. The van der Waals surface area contributed by atoms with Gasteiger partial charge in [0.1, 0.15) is 11.5 Å². The van der Waals surface area contributed by atoms with E-state index in [0.717, 1.165) is 24.3 Å². The zero-order valence-electron chi connectivity index (χ0n) is 13.0. The molecule has 22 heavy (non-hydrogen) atoms. The molecule has 0 fully saturated rings. The zero-order chi connectivity index (χ0) is 15.8. The van der Waals surface area contributed by atoms with Crippen molar-refractivity contribution in [3.05, 3.63) is 54.1 Å². The molecule has 0 saturated carbocycles. The molecule has 0 radical (unpaired) electrons. The van der Waals surface area contributed by atoms with Crippen LogP contribution in [0.2, 0.25) is 0 Å². The molecule has 0 aliphatic rings. The lowest BCUT2D eigenvalue weighted by Gasteiger charge is -2.10. The van der Waals surface area contributed by atoms with Gasteiger partial charge in [-0.05, 0) is 42.8 Å². The quantitative estimate of drug-likeness (QED) is 0.782. The van der Waals surface area contributed by atoms with E-state index in [1.807, 2.05) is 36.4 Å². The minimum atomic E-state index is -0.197. The number of hydrogen-bond acceptors (Lipinski definition) is 3. The first-order chi connectivity index (χ1) is 10.7. The van der Waals surface area contributed by atoms with Crippen LogP contribution in [-0.2, 0) is 0 Å². The summed E-state index contributed by atoms with van der Waals surface area (Å²) in [5.41, 5.74) is 1.23. The molecule has 0 aliphatic carbocycles. The number of unbranched alkanes of at least 4 members (excludes halogenated alkanes) is 1. The maximum atomic E-state index is 12.3. The summed E-state index contributed by atoms with van der Waals surface area (Å²) in [6.45, 7) is 2.84. The van der Waals surface area contributed by atoms with Gasteiger partial charge < -0.3 is 14.8 Å². The number of nitrogens with one attached hydrogen (secondary N) is 1.